The molecule has 0 N–H and O–H groups in total. The highest BCUT2D eigenvalue weighted by atomic mass is 35.5. The molecule has 0 fully saturated rings. The number of hydrogen-bond acceptors (Lipinski definition) is 2. The van der Waals surface area contributed by atoms with Gasteiger partial charge >= 0.3 is 0 Å². The first kappa shape index (κ1) is 11.7. The summed E-state index contributed by atoms with van der Waals surface area (Å²) in [7, 11) is 0. The summed E-state index contributed by atoms with van der Waals surface area (Å²) < 4.78 is 0. The van der Waals surface area contributed by atoms with Gasteiger partial charge in [0, 0.05) is 12.0 Å². The highest BCUT2D eigenvalue weighted by Crippen LogP contribution is 2.28. The molecule has 1 heterocycles. The van der Waals surface area contributed by atoms with Crippen LogP contribution in [0, 0.1) is 0 Å². The molecule has 14 heavy (non-hydrogen) atoms. The van der Waals surface area contributed by atoms with Gasteiger partial charge in [-0.15, -0.1) is 0 Å². The Morgan fingerprint density at radius 2 is 1.64 bits per heavy atom. The first-order valence-electron chi connectivity index (χ1n) is 4.78. The first-order valence-corrected chi connectivity index (χ1v) is 5.53. The Morgan fingerprint density at radius 3 is 2.00 bits per heavy atom. The topological polar surface area (TPSA) is 25.8 Å². The molecular formula is C10H14Cl2N2. The van der Waals surface area contributed by atoms with Gasteiger partial charge in [0.25, 0.3) is 0 Å². The molecule has 0 unspecified atom stereocenters. The minimum absolute atomic E-state index is 0.255. The molecule has 0 bridgehead atoms. The number of aryl methyl sites for hydroxylation is 1. The molecule has 0 saturated heterocycles. The second-order valence-corrected chi connectivity index (χ2v) is 4.26. The SMILES string of the molecule is CCCc1nc(Cl)c(C(C)C)c(Cl)n1. The van der Waals surface area contributed by atoms with Gasteiger partial charge in [0.2, 0.25) is 0 Å². The lowest BCUT2D eigenvalue weighted by molar-refractivity contribution is 0.797. The zero-order valence-corrected chi connectivity index (χ0v) is 10.2. The summed E-state index contributed by atoms with van der Waals surface area (Å²) >= 11 is 12.1. The van der Waals surface area contributed by atoms with Crippen molar-refractivity contribution in [1.29, 1.82) is 0 Å². The molecule has 0 atom stereocenters. The quantitative estimate of drug-likeness (QED) is 0.741. The minimum atomic E-state index is 0.255. The summed E-state index contributed by atoms with van der Waals surface area (Å²) in [5.74, 6) is 0.984. The van der Waals surface area contributed by atoms with Crippen molar-refractivity contribution in [3.8, 4) is 0 Å². The maximum Gasteiger partial charge on any atom is 0.137 e. The monoisotopic (exact) mass is 232 g/mol. The molecule has 1 rings (SSSR count). The van der Waals surface area contributed by atoms with Crippen molar-refractivity contribution in [2.75, 3.05) is 0 Å². The third-order valence-electron chi connectivity index (χ3n) is 1.95. The largest absolute Gasteiger partial charge is 0.221 e. The van der Waals surface area contributed by atoms with Crippen LogP contribution in [0.3, 0.4) is 0 Å². The molecule has 0 aliphatic carbocycles. The molecule has 4 heteroatoms. The fraction of sp³-hybridized carbons (Fsp3) is 0.600. The van der Waals surface area contributed by atoms with Crippen LogP contribution in [0.1, 0.15) is 44.5 Å². The lowest BCUT2D eigenvalue weighted by Gasteiger charge is -2.10. The van der Waals surface area contributed by atoms with E-state index in [2.05, 4.69) is 16.9 Å². The van der Waals surface area contributed by atoms with Crippen LogP contribution in [-0.4, -0.2) is 9.97 Å². The third-order valence-corrected chi connectivity index (χ3v) is 2.53. The van der Waals surface area contributed by atoms with Gasteiger partial charge < -0.3 is 0 Å². The fourth-order valence-corrected chi connectivity index (χ4v) is 2.13. The van der Waals surface area contributed by atoms with Crippen LogP contribution in [0.25, 0.3) is 0 Å². The second-order valence-electron chi connectivity index (χ2n) is 3.54. The summed E-state index contributed by atoms with van der Waals surface area (Å²) in [5, 5.41) is 0.979. The van der Waals surface area contributed by atoms with Crippen LogP contribution in [0.5, 0.6) is 0 Å². The van der Waals surface area contributed by atoms with E-state index in [9.17, 15) is 0 Å². The minimum Gasteiger partial charge on any atom is -0.221 e. The van der Waals surface area contributed by atoms with Crippen LogP contribution in [-0.2, 0) is 6.42 Å². The molecule has 78 valence electrons. The van der Waals surface area contributed by atoms with Crippen LogP contribution in [0.4, 0.5) is 0 Å². The van der Waals surface area contributed by atoms with Gasteiger partial charge in [-0.1, -0.05) is 44.0 Å². The Morgan fingerprint density at radius 1 is 1.14 bits per heavy atom. The third kappa shape index (κ3) is 2.58. The molecular weight excluding hydrogens is 219 g/mol. The summed E-state index contributed by atoms with van der Waals surface area (Å²) in [6.07, 6.45) is 1.81. The lowest BCUT2D eigenvalue weighted by atomic mass is 10.1. The Kier molecular flexibility index (Phi) is 4.14. The van der Waals surface area contributed by atoms with Crippen LogP contribution in [0.2, 0.25) is 10.3 Å². The van der Waals surface area contributed by atoms with Crippen molar-refractivity contribution in [3.05, 3.63) is 21.7 Å². The van der Waals surface area contributed by atoms with Gasteiger partial charge in [0.1, 0.15) is 16.1 Å². The van der Waals surface area contributed by atoms with Crippen molar-refractivity contribution in [2.24, 2.45) is 0 Å². The molecule has 1 aromatic rings. The van der Waals surface area contributed by atoms with Gasteiger partial charge in [-0.05, 0) is 12.3 Å². The maximum atomic E-state index is 6.03. The van der Waals surface area contributed by atoms with E-state index in [4.69, 9.17) is 23.2 Å². The Labute approximate surface area is 94.7 Å². The molecule has 0 aliphatic rings. The van der Waals surface area contributed by atoms with Gasteiger partial charge in [0.15, 0.2) is 0 Å². The van der Waals surface area contributed by atoms with Crippen molar-refractivity contribution in [3.63, 3.8) is 0 Å². The summed E-state index contributed by atoms with van der Waals surface area (Å²) in [5.41, 5.74) is 0.841. The molecule has 0 aliphatic heterocycles. The lowest BCUT2D eigenvalue weighted by Crippen LogP contribution is -2.01. The predicted molar refractivity (Wildman–Crippen MR) is 60.1 cm³/mol. The molecule has 0 spiro atoms. The number of nitrogens with zero attached hydrogens (tertiary/aromatic N) is 2. The number of hydrogen-bond donors (Lipinski definition) is 0. The van der Waals surface area contributed by atoms with E-state index < -0.39 is 0 Å². The van der Waals surface area contributed by atoms with Gasteiger partial charge in [-0.25, -0.2) is 9.97 Å². The van der Waals surface area contributed by atoms with E-state index in [-0.39, 0.29) is 5.92 Å². The standard InChI is InChI=1S/C10H14Cl2N2/c1-4-5-7-13-9(11)8(6(2)3)10(12)14-7/h6H,4-5H2,1-3H3. The van der Waals surface area contributed by atoms with E-state index in [1.165, 1.54) is 0 Å². The highest BCUT2D eigenvalue weighted by molar-refractivity contribution is 6.34. The van der Waals surface area contributed by atoms with Crippen molar-refractivity contribution in [2.45, 2.75) is 39.5 Å². The first-order chi connectivity index (χ1) is 6.56. The molecule has 0 amide bonds. The number of aromatic nitrogens is 2. The van der Waals surface area contributed by atoms with E-state index in [0.29, 0.717) is 10.3 Å². The fourth-order valence-electron chi connectivity index (χ4n) is 1.27. The van der Waals surface area contributed by atoms with E-state index in [1.807, 2.05) is 13.8 Å². The molecule has 2 nitrogen and oxygen atoms in total. The zero-order valence-electron chi connectivity index (χ0n) is 8.64. The average molecular weight is 233 g/mol. The second kappa shape index (κ2) is 4.94. The summed E-state index contributed by atoms with van der Waals surface area (Å²) in [6.45, 7) is 6.12. The van der Waals surface area contributed by atoms with Crippen LogP contribution in [0.15, 0.2) is 0 Å². The molecule has 0 radical (unpaired) electrons. The normalized spacial score (nSPS) is 11.0. The highest BCUT2D eigenvalue weighted by Gasteiger charge is 2.13. The number of rotatable bonds is 3. The van der Waals surface area contributed by atoms with Crippen molar-refractivity contribution < 1.29 is 0 Å². The Balaban J connectivity index is 3.11. The Bertz CT molecular complexity index is 301. The van der Waals surface area contributed by atoms with Gasteiger partial charge in [0.05, 0.1) is 0 Å². The van der Waals surface area contributed by atoms with E-state index in [1.54, 1.807) is 0 Å². The Hall–Kier alpha value is -0.340. The van der Waals surface area contributed by atoms with Gasteiger partial charge in [-0.3, -0.25) is 0 Å². The van der Waals surface area contributed by atoms with Crippen molar-refractivity contribution in [1.82, 2.24) is 9.97 Å². The smallest absolute Gasteiger partial charge is 0.137 e. The summed E-state index contributed by atoms with van der Waals surface area (Å²) in [4.78, 5) is 8.43. The van der Waals surface area contributed by atoms with E-state index >= 15 is 0 Å². The molecule has 1 aromatic heterocycles. The molecule has 0 saturated carbocycles. The average Bonchev–Trinajstić information content (AvgIpc) is 2.01. The van der Waals surface area contributed by atoms with Gasteiger partial charge in [-0.2, -0.15) is 0 Å². The summed E-state index contributed by atoms with van der Waals surface area (Å²) in [6, 6.07) is 0. The van der Waals surface area contributed by atoms with Crippen LogP contribution < -0.4 is 0 Å². The van der Waals surface area contributed by atoms with Crippen molar-refractivity contribution >= 4 is 23.2 Å². The zero-order chi connectivity index (χ0) is 10.7. The van der Waals surface area contributed by atoms with E-state index in [0.717, 1.165) is 24.2 Å². The maximum absolute atomic E-state index is 6.03. The number of halogens is 2. The molecule has 0 aromatic carbocycles. The predicted octanol–water partition coefficient (Wildman–Crippen LogP) is 3.86. The van der Waals surface area contributed by atoms with Crippen LogP contribution >= 0.6 is 23.2 Å².